The van der Waals surface area contributed by atoms with E-state index in [-0.39, 0.29) is 29.2 Å². The molecular formula is C21H27N3O3. The van der Waals surface area contributed by atoms with Gasteiger partial charge in [0.15, 0.2) is 0 Å². The number of ether oxygens (including phenoxy) is 1. The van der Waals surface area contributed by atoms with E-state index in [1.54, 1.807) is 10.6 Å². The number of amides is 1. The average Bonchev–Trinajstić information content (AvgIpc) is 3.13. The van der Waals surface area contributed by atoms with Crippen LogP contribution >= 0.6 is 0 Å². The molecule has 0 aliphatic carbocycles. The first-order chi connectivity index (χ1) is 13.0. The van der Waals surface area contributed by atoms with Gasteiger partial charge in [0.05, 0.1) is 18.2 Å². The summed E-state index contributed by atoms with van der Waals surface area (Å²) in [5.41, 5.74) is 0.798. The summed E-state index contributed by atoms with van der Waals surface area (Å²) in [6.45, 7) is 7.03. The van der Waals surface area contributed by atoms with Gasteiger partial charge in [-0.1, -0.05) is 18.2 Å². The van der Waals surface area contributed by atoms with E-state index in [0.717, 1.165) is 30.6 Å². The van der Waals surface area contributed by atoms with Crippen LogP contribution in [0.15, 0.2) is 35.1 Å². The molecule has 1 N–H and O–H groups in total. The topological polar surface area (TPSA) is 63.6 Å². The molecule has 2 saturated heterocycles. The number of carbonyl (C=O) groups excluding carboxylic acids is 1. The molecule has 2 fully saturated rings. The summed E-state index contributed by atoms with van der Waals surface area (Å²) in [5.74, 6) is -0.327. The number of para-hydroxylation sites is 1. The number of pyridine rings is 1. The molecule has 1 aromatic heterocycles. The van der Waals surface area contributed by atoms with Gasteiger partial charge < -0.3 is 14.6 Å². The molecule has 0 spiro atoms. The van der Waals surface area contributed by atoms with Gasteiger partial charge in [0.25, 0.3) is 11.5 Å². The number of benzene rings is 1. The van der Waals surface area contributed by atoms with Crippen molar-refractivity contribution in [1.29, 1.82) is 0 Å². The molecule has 1 amide bonds. The van der Waals surface area contributed by atoms with Crippen molar-refractivity contribution in [2.45, 2.75) is 44.9 Å². The lowest BCUT2D eigenvalue weighted by Crippen LogP contribution is -2.50. The van der Waals surface area contributed by atoms with Crippen LogP contribution in [0.2, 0.25) is 0 Å². The van der Waals surface area contributed by atoms with E-state index in [4.69, 9.17) is 4.74 Å². The molecule has 27 heavy (non-hydrogen) atoms. The number of rotatable bonds is 4. The Hall–Kier alpha value is -2.18. The number of hydrogen-bond donors (Lipinski definition) is 1. The van der Waals surface area contributed by atoms with E-state index in [2.05, 4.69) is 10.2 Å². The number of fused-ring (bicyclic) bond motifs is 2. The van der Waals surface area contributed by atoms with Crippen molar-refractivity contribution in [3.63, 3.8) is 0 Å². The van der Waals surface area contributed by atoms with E-state index in [1.165, 1.54) is 12.8 Å². The van der Waals surface area contributed by atoms with Crippen LogP contribution in [-0.2, 0) is 4.74 Å². The highest BCUT2D eigenvalue weighted by Gasteiger charge is 2.32. The number of nitrogens with one attached hydrogen (secondary N) is 1. The second-order valence-corrected chi connectivity index (χ2v) is 7.84. The van der Waals surface area contributed by atoms with Crippen LogP contribution in [0.3, 0.4) is 0 Å². The first kappa shape index (κ1) is 18.2. The molecule has 4 rings (SSSR count). The number of aromatic nitrogens is 1. The first-order valence-corrected chi connectivity index (χ1v) is 9.82. The van der Waals surface area contributed by atoms with Gasteiger partial charge in [-0.25, -0.2) is 0 Å². The van der Waals surface area contributed by atoms with E-state index in [1.807, 2.05) is 38.1 Å². The Bertz CT molecular complexity index is 905. The molecule has 2 aliphatic heterocycles. The predicted molar refractivity (Wildman–Crippen MR) is 105 cm³/mol. The zero-order valence-electron chi connectivity index (χ0n) is 16.0. The number of nitrogens with zero attached hydrogens (tertiary/aromatic N) is 2. The molecule has 0 saturated carbocycles. The van der Waals surface area contributed by atoms with Crippen molar-refractivity contribution in [3.05, 3.63) is 46.2 Å². The van der Waals surface area contributed by atoms with Gasteiger partial charge in [0.2, 0.25) is 0 Å². The van der Waals surface area contributed by atoms with Crippen molar-refractivity contribution in [2.75, 3.05) is 26.2 Å². The standard InChI is InChI=1S/C21H27N3O3/c1-14(2)24-19-8-4-3-6-15(19)10-18(21(24)26)20(25)22-11-17-12-23-9-5-7-16(23)13-27-17/h3-4,6,8,10,14,16-17H,5,7,9,11-13H2,1-2H3,(H,22,25)/t16-,17+/m1/s1. The van der Waals surface area contributed by atoms with E-state index in [0.29, 0.717) is 12.6 Å². The SMILES string of the molecule is CC(C)n1c(=O)c(C(=O)NC[C@H]2CN3CCC[C@@H]3CO2)cc2ccccc21. The Morgan fingerprint density at radius 2 is 2.15 bits per heavy atom. The highest BCUT2D eigenvalue weighted by Crippen LogP contribution is 2.22. The van der Waals surface area contributed by atoms with Crippen LogP contribution in [-0.4, -0.2) is 53.8 Å². The summed E-state index contributed by atoms with van der Waals surface area (Å²) in [6, 6.07) is 9.89. The average molecular weight is 369 g/mol. The lowest BCUT2D eigenvalue weighted by molar-refractivity contribution is -0.0461. The second-order valence-electron chi connectivity index (χ2n) is 7.84. The fourth-order valence-corrected chi connectivity index (χ4v) is 4.27. The Labute approximate surface area is 159 Å². The summed E-state index contributed by atoms with van der Waals surface area (Å²) >= 11 is 0. The number of morpholine rings is 1. The van der Waals surface area contributed by atoms with Crippen LogP contribution in [0, 0.1) is 0 Å². The summed E-state index contributed by atoms with van der Waals surface area (Å²) in [5, 5.41) is 3.81. The van der Waals surface area contributed by atoms with Crippen molar-refractivity contribution in [3.8, 4) is 0 Å². The van der Waals surface area contributed by atoms with Crippen LogP contribution < -0.4 is 10.9 Å². The summed E-state index contributed by atoms with van der Waals surface area (Å²) in [4.78, 5) is 28.1. The molecular weight excluding hydrogens is 342 g/mol. The molecule has 1 aromatic carbocycles. The minimum atomic E-state index is -0.327. The van der Waals surface area contributed by atoms with Gasteiger partial charge in [-0.15, -0.1) is 0 Å². The monoisotopic (exact) mass is 369 g/mol. The first-order valence-electron chi connectivity index (χ1n) is 9.82. The van der Waals surface area contributed by atoms with Gasteiger partial charge in [-0.2, -0.15) is 0 Å². The van der Waals surface area contributed by atoms with Crippen LogP contribution in [0.1, 0.15) is 43.1 Å². The zero-order chi connectivity index (χ0) is 19.0. The maximum Gasteiger partial charge on any atom is 0.264 e. The van der Waals surface area contributed by atoms with Gasteiger partial charge in [-0.05, 0) is 50.8 Å². The summed E-state index contributed by atoms with van der Waals surface area (Å²) in [6.07, 6.45) is 2.40. The number of carbonyl (C=O) groups is 1. The Balaban J connectivity index is 1.52. The zero-order valence-corrected chi connectivity index (χ0v) is 16.0. The molecule has 0 radical (unpaired) electrons. The minimum absolute atomic E-state index is 0.0175. The van der Waals surface area contributed by atoms with Gasteiger partial charge in [-0.3, -0.25) is 14.5 Å². The number of hydrogen-bond acceptors (Lipinski definition) is 4. The third-order valence-corrected chi connectivity index (χ3v) is 5.66. The highest BCUT2D eigenvalue weighted by atomic mass is 16.5. The minimum Gasteiger partial charge on any atom is -0.373 e. The molecule has 3 heterocycles. The third-order valence-electron chi connectivity index (χ3n) is 5.66. The van der Waals surface area contributed by atoms with Crippen molar-refractivity contribution < 1.29 is 9.53 Å². The largest absolute Gasteiger partial charge is 0.373 e. The molecule has 2 atom stereocenters. The van der Waals surface area contributed by atoms with Gasteiger partial charge in [0.1, 0.15) is 5.56 Å². The molecule has 0 bridgehead atoms. The lowest BCUT2D eigenvalue weighted by atomic mass is 10.1. The lowest BCUT2D eigenvalue weighted by Gasteiger charge is -2.35. The van der Waals surface area contributed by atoms with E-state index in [9.17, 15) is 9.59 Å². The predicted octanol–water partition coefficient (Wildman–Crippen LogP) is 2.18. The van der Waals surface area contributed by atoms with E-state index < -0.39 is 0 Å². The third kappa shape index (κ3) is 3.51. The van der Waals surface area contributed by atoms with Crippen LogP contribution in [0.25, 0.3) is 10.9 Å². The maximum atomic E-state index is 12.9. The quantitative estimate of drug-likeness (QED) is 0.897. The molecule has 2 aliphatic rings. The Kier molecular flexibility index (Phi) is 5.02. The maximum absolute atomic E-state index is 12.9. The Morgan fingerprint density at radius 1 is 1.33 bits per heavy atom. The highest BCUT2D eigenvalue weighted by molar-refractivity contribution is 5.97. The van der Waals surface area contributed by atoms with Crippen LogP contribution in [0.5, 0.6) is 0 Å². The van der Waals surface area contributed by atoms with E-state index >= 15 is 0 Å². The van der Waals surface area contributed by atoms with Gasteiger partial charge in [0, 0.05) is 25.2 Å². The second kappa shape index (κ2) is 7.44. The normalized spacial score (nSPS) is 22.9. The van der Waals surface area contributed by atoms with Crippen molar-refractivity contribution in [1.82, 2.24) is 14.8 Å². The molecule has 2 aromatic rings. The van der Waals surface area contributed by atoms with Crippen LogP contribution in [0.4, 0.5) is 0 Å². The summed E-state index contributed by atoms with van der Waals surface area (Å²) in [7, 11) is 0. The molecule has 6 nitrogen and oxygen atoms in total. The smallest absolute Gasteiger partial charge is 0.264 e. The molecule has 0 unspecified atom stereocenters. The molecule has 144 valence electrons. The van der Waals surface area contributed by atoms with Crippen molar-refractivity contribution >= 4 is 16.8 Å². The molecule has 6 heteroatoms. The fraction of sp³-hybridized carbons (Fsp3) is 0.524. The Morgan fingerprint density at radius 3 is 2.96 bits per heavy atom. The fourth-order valence-electron chi connectivity index (χ4n) is 4.27. The summed E-state index contributed by atoms with van der Waals surface area (Å²) < 4.78 is 7.59. The van der Waals surface area contributed by atoms with Crippen molar-refractivity contribution in [2.24, 2.45) is 0 Å². The van der Waals surface area contributed by atoms with Gasteiger partial charge >= 0.3 is 0 Å².